The van der Waals surface area contributed by atoms with E-state index in [0.29, 0.717) is 5.41 Å². The van der Waals surface area contributed by atoms with E-state index in [4.69, 9.17) is 0 Å². The number of fused-ring (bicyclic) bond motifs is 4. The van der Waals surface area contributed by atoms with Crippen molar-refractivity contribution in [3.63, 3.8) is 0 Å². The molecule has 0 saturated heterocycles. The predicted molar refractivity (Wildman–Crippen MR) is 129 cm³/mol. The summed E-state index contributed by atoms with van der Waals surface area (Å²) in [7, 11) is 0. The summed E-state index contributed by atoms with van der Waals surface area (Å²) in [5.74, 6) is 6.81. The van der Waals surface area contributed by atoms with E-state index in [9.17, 15) is 0 Å². The predicted octanol–water partition coefficient (Wildman–Crippen LogP) is 9.05. The van der Waals surface area contributed by atoms with Crippen LogP contribution in [0.4, 0.5) is 0 Å². The summed E-state index contributed by atoms with van der Waals surface area (Å²) in [6.45, 7) is 15.1. The third-order valence-electron chi connectivity index (χ3n) is 12.3. The van der Waals surface area contributed by atoms with Crippen LogP contribution < -0.4 is 0 Å². The first-order chi connectivity index (χ1) is 14.3. The molecule has 3 unspecified atom stereocenters. The third kappa shape index (κ3) is 2.90. The lowest BCUT2D eigenvalue weighted by atomic mass is 9.49. The van der Waals surface area contributed by atoms with E-state index in [1.807, 2.05) is 5.57 Å². The molecule has 5 rings (SSSR count). The Morgan fingerprint density at radius 2 is 1.77 bits per heavy atom. The van der Waals surface area contributed by atoms with Crippen molar-refractivity contribution in [3.05, 3.63) is 11.6 Å². The minimum absolute atomic E-state index is 0.564. The molecule has 0 radical (unpaired) electrons. The van der Waals surface area contributed by atoms with E-state index in [2.05, 4.69) is 47.6 Å². The maximum atomic E-state index is 2.77. The van der Waals surface area contributed by atoms with Crippen LogP contribution in [0.2, 0.25) is 0 Å². The summed E-state index contributed by atoms with van der Waals surface area (Å²) in [5.41, 5.74) is 3.97. The molecular formula is C30H50. The monoisotopic (exact) mass is 410 g/mol. The van der Waals surface area contributed by atoms with Crippen molar-refractivity contribution in [2.45, 2.75) is 119 Å². The zero-order valence-electron chi connectivity index (χ0n) is 21.1. The molecule has 9 atom stereocenters. The van der Waals surface area contributed by atoms with Crippen LogP contribution in [0, 0.1) is 57.7 Å². The summed E-state index contributed by atoms with van der Waals surface area (Å²) in [6.07, 6.45) is 20.8. The van der Waals surface area contributed by atoms with Crippen LogP contribution in [-0.4, -0.2) is 0 Å². The average Bonchev–Trinajstić information content (AvgIpc) is 3.24. The summed E-state index contributed by atoms with van der Waals surface area (Å²) in [5, 5.41) is 0. The second kappa shape index (κ2) is 7.38. The van der Waals surface area contributed by atoms with Gasteiger partial charge in [0.25, 0.3) is 0 Å². The van der Waals surface area contributed by atoms with Gasteiger partial charge in [0.2, 0.25) is 0 Å². The van der Waals surface area contributed by atoms with Gasteiger partial charge in [0.05, 0.1) is 0 Å². The van der Waals surface area contributed by atoms with Gasteiger partial charge in [0.1, 0.15) is 0 Å². The number of hydrogen-bond acceptors (Lipinski definition) is 0. The molecule has 5 aliphatic rings. The molecule has 4 saturated carbocycles. The van der Waals surface area contributed by atoms with Crippen molar-refractivity contribution in [2.75, 3.05) is 0 Å². The molecule has 170 valence electrons. The second-order valence-corrected chi connectivity index (χ2v) is 13.6. The smallest absolute Gasteiger partial charge is 0.00851 e. The second-order valence-electron chi connectivity index (χ2n) is 13.6. The molecule has 0 N–H and O–H groups in total. The Morgan fingerprint density at radius 3 is 2.50 bits per heavy atom. The van der Waals surface area contributed by atoms with Crippen LogP contribution in [0.3, 0.4) is 0 Å². The van der Waals surface area contributed by atoms with Crippen LogP contribution in [0.15, 0.2) is 11.6 Å². The topological polar surface area (TPSA) is 0 Å². The quantitative estimate of drug-likeness (QED) is 0.383. The Bertz CT molecular complexity index is 686. The van der Waals surface area contributed by atoms with E-state index in [1.165, 1.54) is 44.9 Å². The Kier molecular flexibility index (Phi) is 5.31. The molecule has 4 fully saturated rings. The normalized spacial score (nSPS) is 48.8. The van der Waals surface area contributed by atoms with Crippen molar-refractivity contribution in [1.82, 2.24) is 0 Å². The summed E-state index contributed by atoms with van der Waals surface area (Å²) in [4.78, 5) is 0. The van der Waals surface area contributed by atoms with Gasteiger partial charge in [0, 0.05) is 0 Å². The molecule has 30 heavy (non-hydrogen) atoms. The van der Waals surface area contributed by atoms with Gasteiger partial charge in [-0.3, -0.25) is 0 Å². The molecule has 0 bridgehead atoms. The Labute approximate surface area is 188 Å². The van der Waals surface area contributed by atoms with Crippen LogP contribution in [0.25, 0.3) is 0 Å². The summed E-state index contributed by atoms with van der Waals surface area (Å²) < 4.78 is 0. The van der Waals surface area contributed by atoms with Crippen molar-refractivity contribution in [3.8, 4) is 0 Å². The van der Waals surface area contributed by atoms with E-state index in [1.54, 1.807) is 32.1 Å². The number of rotatable bonds is 6. The molecule has 0 aromatic heterocycles. The van der Waals surface area contributed by atoms with E-state index in [0.717, 1.165) is 52.3 Å². The van der Waals surface area contributed by atoms with E-state index < -0.39 is 0 Å². The van der Waals surface area contributed by atoms with Gasteiger partial charge in [-0.05, 0) is 128 Å². The van der Waals surface area contributed by atoms with Gasteiger partial charge < -0.3 is 0 Å². The maximum absolute atomic E-state index is 2.77. The lowest BCUT2D eigenvalue weighted by molar-refractivity contribution is -0.0125. The fourth-order valence-electron chi connectivity index (χ4n) is 10.3. The lowest BCUT2D eigenvalue weighted by Gasteiger charge is -2.56. The highest BCUT2D eigenvalue weighted by Crippen LogP contribution is 2.85. The largest absolute Gasteiger partial charge is 0.0845 e. The van der Waals surface area contributed by atoms with Gasteiger partial charge in [-0.1, -0.05) is 59.6 Å². The highest BCUT2D eigenvalue weighted by molar-refractivity contribution is 5.30. The minimum atomic E-state index is 0.564. The molecule has 0 heterocycles. The van der Waals surface area contributed by atoms with Crippen molar-refractivity contribution < 1.29 is 0 Å². The molecular weight excluding hydrogens is 360 g/mol. The first-order valence-corrected chi connectivity index (χ1v) is 14.0. The maximum Gasteiger partial charge on any atom is -0.00851 e. The minimum Gasteiger partial charge on any atom is -0.0845 e. The zero-order valence-corrected chi connectivity index (χ0v) is 21.1. The summed E-state index contributed by atoms with van der Waals surface area (Å²) in [6, 6.07) is 0. The van der Waals surface area contributed by atoms with Crippen LogP contribution in [0.5, 0.6) is 0 Å². The first kappa shape index (κ1) is 21.6. The molecule has 0 heteroatoms. The van der Waals surface area contributed by atoms with Crippen LogP contribution >= 0.6 is 0 Å². The summed E-state index contributed by atoms with van der Waals surface area (Å²) >= 11 is 0. The standard InChI is InChI=1S/C30H50/c1-7-23(20(2)3)9-8-22(5)29-16-14-27-25-11-10-24-18-21(4)12-15-28(24,6)26(25)13-17-30(27,29)19-29/h10,20-23,25-27H,7-9,11-19H2,1-6H3/t21?,22-,23-,25?,26+,27+,28?,29+,30-/m1/s1. The third-order valence-corrected chi connectivity index (χ3v) is 12.3. The Morgan fingerprint density at radius 1 is 1.00 bits per heavy atom. The molecule has 0 amide bonds. The van der Waals surface area contributed by atoms with Crippen molar-refractivity contribution >= 4 is 0 Å². The van der Waals surface area contributed by atoms with Crippen LogP contribution in [0.1, 0.15) is 119 Å². The Balaban J connectivity index is 1.31. The van der Waals surface area contributed by atoms with E-state index in [-0.39, 0.29) is 0 Å². The fraction of sp³-hybridized carbons (Fsp3) is 0.933. The van der Waals surface area contributed by atoms with Gasteiger partial charge in [-0.15, -0.1) is 0 Å². The fourth-order valence-corrected chi connectivity index (χ4v) is 10.3. The molecule has 0 aliphatic heterocycles. The number of allylic oxidation sites excluding steroid dienone is 2. The SMILES string of the molecule is CC[C@H](CC[C@@H](C)[C@@]12CC[C@H]3C4CC=C5CC(C)CCC5(C)[C@H]4CC[C@@]31C2)C(C)C. The first-order valence-electron chi connectivity index (χ1n) is 14.0. The van der Waals surface area contributed by atoms with Gasteiger partial charge in [0.15, 0.2) is 0 Å². The molecule has 0 aromatic carbocycles. The van der Waals surface area contributed by atoms with E-state index >= 15 is 0 Å². The lowest BCUT2D eigenvalue weighted by Crippen LogP contribution is -2.47. The molecule has 0 nitrogen and oxygen atoms in total. The Hall–Kier alpha value is -0.260. The molecule has 0 aromatic rings. The zero-order chi connectivity index (χ0) is 21.3. The highest BCUT2D eigenvalue weighted by Gasteiger charge is 2.77. The van der Waals surface area contributed by atoms with Gasteiger partial charge in [-0.2, -0.15) is 0 Å². The highest BCUT2D eigenvalue weighted by atomic mass is 14.8. The van der Waals surface area contributed by atoms with Crippen molar-refractivity contribution in [1.29, 1.82) is 0 Å². The molecule has 5 aliphatic carbocycles. The average molecular weight is 411 g/mol. The van der Waals surface area contributed by atoms with Gasteiger partial charge in [-0.25, -0.2) is 0 Å². The van der Waals surface area contributed by atoms with Crippen molar-refractivity contribution in [2.24, 2.45) is 57.7 Å². The van der Waals surface area contributed by atoms with Gasteiger partial charge >= 0.3 is 0 Å². The van der Waals surface area contributed by atoms with Crippen LogP contribution in [-0.2, 0) is 0 Å². The number of hydrogen-bond donors (Lipinski definition) is 0. The molecule has 1 spiro atoms.